The highest BCUT2D eigenvalue weighted by Gasteiger charge is 2.48. The SMILES string of the molecule is Oc1ccc2c(c1)OC1(COC1)c1cc(O)cc(F)c1-2. The van der Waals surface area contributed by atoms with Crippen LogP contribution in [0, 0.1) is 5.82 Å². The minimum atomic E-state index is -0.782. The van der Waals surface area contributed by atoms with E-state index in [9.17, 15) is 14.6 Å². The monoisotopic (exact) mass is 274 g/mol. The maximum atomic E-state index is 14.3. The molecule has 2 aliphatic rings. The second kappa shape index (κ2) is 3.64. The summed E-state index contributed by atoms with van der Waals surface area (Å²) in [5.41, 5.74) is 0.759. The van der Waals surface area contributed by atoms with E-state index in [0.717, 1.165) is 6.07 Å². The van der Waals surface area contributed by atoms with Crippen LogP contribution < -0.4 is 4.74 Å². The van der Waals surface area contributed by atoms with Gasteiger partial charge in [-0.25, -0.2) is 4.39 Å². The van der Waals surface area contributed by atoms with Gasteiger partial charge in [-0.2, -0.15) is 0 Å². The number of rotatable bonds is 0. The smallest absolute Gasteiger partial charge is 0.181 e. The number of hydrogen-bond acceptors (Lipinski definition) is 4. The van der Waals surface area contributed by atoms with Crippen molar-refractivity contribution in [2.75, 3.05) is 13.2 Å². The summed E-state index contributed by atoms with van der Waals surface area (Å²) in [5, 5.41) is 19.2. The van der Waals surface area contributed by atoms with Gasteiger partial charge in [-0.3, -0.25) is 0 Å². The van der Waals surface area contributed by atoms with Crippen LogP contribution in [0.25, 0.3) is 11.1 Å². The molecule has 1 spiro atoms. The Balaban J connectivity index is 2.05. The van der Waals surface area contributed by atoms with Crippen LogP contribution in [-0.2, 0) is 10.3 Å². The Bertz CT molecular complexity index is 722. The largest absolute Gasteiger partial charge is 0.508 e. The van der Waals surface area contributed by atoms with E-state index in [-0.39, 0.29) is 24.7 Å². The molecule has 2 aliphatic heterocycles. The first-order chi connectivity index (χ1) is 9.59. The summed E-state index contributed by atoms with van der Waals surface area (Å²) in [6, 6.07) is 7.14. The quantitative estimate of drug-likeness (QED) is 0.775. The molecule has 0 amide bonds. The fraction of sp³-hybridized carbons (Fsp3) is 0.200. The summed E-state index contributed by atoms with van der Waals surface area (Å²) >= 11 is 0. The predicted molar refractivity (Wildman–Crippen MR) is 68.3 cm³/mol. The lowest BCUT2D eigenvalue weighted by molar-refractivity contribution is -0.169. The maximum Gasteiger partial charge on any atom is 0.181 e. The Labute approximate surface area is 114 Å². The molecule has 0 aliphatic carbocycles. The van der Waals surface area contributed by atoms with Gasteiger partial charge < -0.3 is 19.7 Å². The van der Waals surface area contributed by atoms with Gasteiger partial charge in [-0.15, -0.1) is 0 Å². The standard InChI is InChI=1S/C15H11FO4/c16-12-4-9(18)3-11-14(12)10-2-1-8(17)5-13(10)20-15(11)6-19-7-15/h1-5,17-18H,6-7H2. The molecule has 2 aromatic rings. The fourth-order valence-electron chi connectivity index (χ4n) is 2.79. The molecule has 0 saturated carbocycles. The first kappa shape index (κ1) is 11.5. The molecule has 0 unspecified atom stereocenters. The molecule has 1 fully saturated rings. The van der Waals surface area contributed by atoms with E-state index in [4.69, 9.17) is 9.47 Å². The molecule has 0 radical (unpaired) electrons. The van der Waals surface area contributed by atoms with E-state index in [0.29, 0.717) is 22.4 Å². The molecule has 2 N–H and O–H groups in total. The Kier molecular flexibility index (Phi) is 2.10. The van der Waals surface area contributed by atoms with Gasteiger partial charge in [-0.05, 0) is 18.2 Å². The second-order valence-electron chi connectivity index (χ2n) is 5.12. The van der Waals surface area contributed by atoms with Crippen LogP contribution >= 0.6 is 0 Å². The van der Waals surface area contributed by atoms with Gasteiger partial charge in [0.1, 0.15) is 23.1 Å². The van der Waals surface area contributed by atoms with Crippen molar-refractivity contribution in [2.24, 2.45) is 0 Å². The summed E-state index contributed by atoms with van der Waals surface area (Å²) < 4.78 is 25.4. The lowest BCUT2D eigenvalue weighted by Crippen LogP contribution is -2.53. The van der Waals surface area contributed by atoms with E-state index in [2.05, 4.69) is 0 Å². The van der Waals surface area contributed by atoms with Gasteiger partial charge >= 0.3 is 0 Å². The Morgan fingerprint density at radius 1 is 1.05 bits per heavy atom. The third kappa shape index (κ3) is 1.38. The zero-order chi connectivity index (χ0) is 13.9. The van der Waals surface area contributed by atoms with Gasteiger partial charge in [0.15, 0.2) is 5.60 Å². The molecule has 2 heterocycles. The lowest BCUT2D eigenvalue weighted by atomic mass is 9.82. The summed E-state index contributed by atoms with van der Waals surface area (Å²) in [4.78, 5) is 0. The molecule has 2 aromatic carbocycles. The van der Waals surface area contributed by atoms with Crippen LogP contribution in [-0.4, -0.2) is 23.4 Å². The summed E-state index contributed by atoms with van der Waals surface area (Å²) in [5.74, 6) is -0.174. The van der Waals surface area contributed by atoms with Crippen LogP contribution in [0.15, 0.2) is 30.3 Å². The van der Waals surface area contributed by atoms with Crippen LogP contribution in [0.4, 0.5) is 4.39 Å². The van der Waals surface area contributed by atoms with Gasteiger partial charge in [-0.1, -0.05) is 0 Å². The van der Waals surface area contributed by atoms with Crippen molar-refractivity contribution in [3.8, 4) is 28.4 Å². The van der Waals surface area contributed by atoms with E-state index < -0.39 is 11.4 Å². The number of fused-ring (bicyclic) bond motifs is 4. The summed E-state index contributed by atoms with van der Waals surface area (Å²) in [6.45, 7) is 0.579. The van der Waals surface area contributed by atoms with E-state index in [1.165, 1.54) is 18.2 Å². The van der Waals surface area contributed by atoms with Crippen LogP contribution in [0.2, 0.25) is 0 Å². The number of benzene rings is 2. The van der Waals surface area contributed by atoms with E-state index in [1.807, 2.05) is 0 Å². The molecule has 4 nitrogen and oxygen atoms in total. The van der Waals surface area contributed by atoms with Crippen molar-refractivity contribution in [2.45, 2.75) is 5.60 Å². The van der Waals surface area contributed by atoms with Crippen LogP contribution in [0.3, 0.4) is 0 Å². The third-order valence-corrected chi connectivity index (χ3v) is 3.78. The van der Waals surface area contributed by atoms with Crippen molar-refractivity contribution >= 4 is 0 Å². The first-order valence-electron chi connectivity index (χ1n) is 6.22. The zero-order valence-corrected chi connectivity index (χ0v) is 10.4. The van der Waals surface area contributed by atoms with Gasteiger partial charge in [0.2, 0.25) is 0 Å². The fourth-order valence-corrected chi connectivity index (χ4v) is 2.79. The number of hydrogen-bond donors (Lipinski definition) is 2. The normalized spacial score (nSPS) is 17.9. The van der Waals surface area contributed by atoms with Crippen molar-refractivity contribution in [1.82, 2.24) is 0 Å². The Morgan fingerprint density at radius 3 is 2.55 bits per heavy atom. The molecule has 20 heavy (non-hydrogen) atoms. The molecule has 0 aromatic heterocycles. The first-order valence-corrected chi connectivity index (χ1v) is 6.22. The summed E-state index contributed by atoms with van der Waals surface area (Å²) in [7, 11) is 0. The zero-order valence-electron chi connectivity index (χ0n) is 10.4. The summed E-state index contributed by atoms with van der Waals surface area (Å²) in [6.07, 6.45) is 0. The molecule has 4 rings (SSSR count). The predicted octanol–water partition coefficient (Wildman–Crippen LogP) is 2.52. The lowest BCUT2D eigenvalue weighted by Gasteiger charge is -2.45. The molecule has 0 atom stereocenters. The van der Waals surface area contributed by atoms with Gasteiger partial charge in [0, 0.05) is 28.8 Å². The molecule has 1 saturated heterocycles. The number of phenols is 2. The minimum Gasteiger partial charge on any atom is -0.508 e. The maximum absolute atomic E-state index is 14.3. The Hall–Kier alpha value is -2.27. The van der Waals surface area contributed by atoms with Crippen molar-refractivity contribution in [1.29, 1.82) is 0 Å². The molecular weight excluding hydrogens is 263 g/mol. The number of ether oxygens (including phenoxy) is 2. The van der Waals surface area contributed by atoms with Crippen LogP contribution in [0.5, 0.6) is 17.2 Å². The van der Waals surface area contributed by atoms with E-state index in [1.54, 1.807) is 6.07 Å². The van der Waals surface area contributed by atoms with Gasteiger partial charge in [0.05, 0.1) is 13.2 Å². The number of aromatic hydroxyl groups is 2. The molecule has 5 heteroatoms. The van der Waals surface area contributed by atoms with E-state index >= 15 is 0 Å². The Morgan fingerprint density at radius 2 is 1.85 bits per heavy atom. The van der Waals surface area contributed by atoms with Crippen molar-refractivity contribution < 1.29 is 24.1 Å². The highest BCUT2D eigenvalue weighted by atomic mass is 19.1. The number of phenolic OH excluding ortho intramolecular Hbond substituents is 2. The average Bonchev–Trinajstić information content (AvgIpc) is 2.35. The minimum absolute atomic E-state index is 0.0572. The molecule has 102 valence electrons. The second-order valence-corrected chi connectivity index (χ2v) is 5.12. The van der Waals surface area contributed by atoms with Crippen molar-refractivity contribution in [3.63, 3.8) is 0 Å². The topological polar surface area (TPSA) is 58.9 Å². The van der Waals surface area contributed by atoms with Crippen molar-refractivity contribution in [3.05, 3.63) is 41.7 Å². The highest BCUT2D eigenvalue weighted by Crippen LogP contribution is 2.50. The van der Waals surface area contributed by atoms with Gasteiger partial charge in [0.25, 0.3) is 0 Å². The highest BCUT2D eigenvalue weighted by molar-refractivity contribution is 5.78. The van der Waals surface area contributed by atoms with Crippen LogP contribution in [0.1, 0.15) is 5.56 Å². The third-order valence-electron chi connectivity index (χ3n) is 3.78. The number of halogens is 1. The molecule has 0 bridgehead atoms. The average molecular weight is 274 g/mol. The molecular formula is C15H11FO4.